The van der Waals surface area contributed by atoms with Gasteiger partial charge in [0.25, 0.3) is 0 Å². The van der Waals surface area contributed by atoms with Crippen LogP contribution in [0.15, 0.2) is 18.2 Å². The molecule has 0 radical (unpaired) electrons. The van der Waals surface area contributed by atoms with Crippen molar-refractivity contribution in [2.45, 2.75) is 13.3 Å². The molecule has 1 amide bonds. The summed E-state index contributed by atoms with van der Waals surface area (Å²) in [7, 11) is 0. The van der Waals surface area contributed by atoms with Gasteiger partial charge in [-0.3, -0.25) is 4.79 Å². The molecule has 3 nitrogen and oxygen atoms in total. The number of rotatable bonds is 3. The molecule has 3 N–H and O–H groups in total. The second kappa shape index (κ2) is 6.67. The molecule has 0 aliphatic carbocycles. The quantitative estimate of drug-likeness (QED) is 0.863. The average Bonchev–Trinajstić information content (AvgIpc) is 2.12. The minimum atomic E-state index is -0.111. The van der Waals surface area contributed by atoms with E-state index in [0.717, 1.165) is 5.56 Å². The smallest absolute Gasteiger partial charge is 0.225 e. The van der Waals surface area contributed by atoms with Crippen LogP contribution in [0.4, 0.5) is 5.69 Å². The van der Waals surface area contributed by atoms with Crippen molar-refractivity contribution in [1.29, 1.82) is 0 Å². The van der Waals surface area contributed by atoms with E-state index in [2.05, 4.69) is 5.32 Å². The zero-order valence-corrected chi connectivity index (χ0v) is 9.99. The molecule has 0 aliphatic heterocycles. The number of nitrogens with two attached hydrogens (primary N) is 1. The molecule has 0 bridgehead atoms. The molecular weight excluding hydrogens is 235 g/mol. The number of nitrogens with one attached hydrogen (secondary N) is 1. The lowest BCUT2D eigenvalue weighted by Gasteiger charge is -2.07. The molecule has 5 heteroatoms. The van der Waals surface area contributed by atoms with Gasteiger partial charge >= 0.3 is 0 Å². The van der Waals surface area contributed by atoms with Crippen molar-refractivity contribution in [1.82, 2.24) is 0 Å². The maximum atomic E-state index is 11.2. The molecular formula is C10H14Cl2N2O. The Labute approximate surface area is 100 Å². The zero-order chi connectivity index (χ0) is 10.6. The van der Waals surface area contributed by atoms with Gasteiger partial charge in [-0.25, -0.2) is 0 Å². The molecule has 0 spiro atoms. The first-order valence-electron chi connectivity index (χ1n) is 4.39. The van der Waals surface area contributed by atoms with E-state index in [0.29, 0.717) is 23.7 Å². The van der Waals surface area contributed by atoms with Crippen LogP contribution < -0.4 is 11.1 Å². The van der Waals surface area contributed by atoms with Crippen LogP contribution in [0.5, 0.6) is 0 Å². The summed E-state index contributed by atoms with van der Waals surface area (Å²) in [5.74, 6) is -0.111. The molecule has 0 unspecified atom stereocenters. The monoisotopic (exact) mass is 248 g/mol. The molecule has 0 heterocycles. The molecule has 0 saturated carbocycles. The predicted octanol–water partition coefficient (Wildman–Crippen LogP) is 2.36. The highest BCUT2D eigenvalue weighted by molar-refractivity contribution is 6.33. The third-order valence-electron chi connectivity index (χ3n) is 1.77. The Balaban J connectivity index is 0.00000196. The molecule has 0 fully saturated rings. The van der Waals surface area contributed by atoms with Gasteiger partial charge in [0.15, 0.2) is 0 Å². The lowest BCUT2D eigenvalue weighted by molar-refractivity contribution is -0.116. The predicted molar refractivity (Wildman–Crippen MR) is 65.7 cm³/mol. The largest absolute Gasteiger partial charge is 0.330 e. The summed E-state index contributed by atoms with van der Waals surface area (Å²) in [4.78, 5) is 11.2. The Morgan fingerprint density at radius 3 is 2.80 bits per heavy atom. The van der Waals surface area contributed by atoms with Crippen LogP contribution in [0.25, 0.3) is 0 Å². The van der Waals surface area contributed by atoms with Gasteiger partial charge in [0.05, 0.1) is 10.7 Å². The standard InChI is InChI=1S/C10H13ClN2O.ClH/c1-7-2-3-8(11)9(6-7)13-10(14)4-5-12;/h2-3,6H,4-5,12H2,1H3,(H,13,14);1H. The first-order chi connectivity index (χ1) is 6.63. The second-order valence-electron chi connectivity index (χ2n) is 3.07. The third-order valence-corrected chi connectivity index (χ3v) is 2.10. The summed E-state index contributed by atoms with van der Waals surface area (Å²) in [6.45, 7) is 2.28. The van der Waals surface area contributed by atoms with Crippen molar-refractivity contribution < 1.29 is 4.79 Å². The number of halogens is 2. The van der Waals surface area contributed by atoms with E-state index in [9.17, 15) is 4.79 Å². The van der Waals surface area contributed by atoms with E-state index in [4.69, 9.17) is 17.3 Å². The number of aryl methyl sites for hydroxylation is 1. The maximum absolute atomic E-state index is 11.2. The number of hydrogen-bond acceptors (Lipinski definition) is 2. The summed E-state index contributed by atoms with van der Waals surface area (Å²) in [6.07, 6.45) is 0.310. The van der Waals surface area contributed by atoms with Crippen LogP contribution in [0.1, 0.15) is 12.0 Å². The number of carbonyl (C=O) groups is 1. The molecule has 0 atom stereocenters. The minimum Gasteiger partial charge on any atom is -0.330 e. The van der Waals surface area contributed by atoms with E-state index in [-0.39, 0.29) is 18.3 Å². The van der Waals surface area contributed by atoms with Crippen molar-refractivity contribution in [2.75, 3.05) is 11.9 Å². The van der Waals surface area contributed by atoms with E-state index < -0.39 is 0 Å². The number of carbonyl (C=O) groups excluding carboxylic acids is 1. The van der Waals surface area contributed by atoms with Crippen molar-refractivity contribution in [3.05, 3.63) is 28.8 Å². The van der Waals surface area contributed by atoms with Gasteiger partial charge in [-0.15, -0.1) is 12.4 Å². The number of benzene rings is 1. The summed E-state index contributed by atoms with van der Waals surface area (Å²) < 4.78 is 0. The Bertz CT molecular complexity index is 342. The lowest BCUT2D eigenvalue weighted by Crippen LogP contribution is -2.16. The van der Waals surface area contributed by atoms with Gasteiger partial charge in [0.1, 0.15) is 0 Å². The van der Waals surface area contributed by atoms with Crippen LogP contribution in [-0.4, -0.2) is 12.5 Å². The highest BCUT2D eigenvalue weighted by Crippen LogP contribution is 2.22. The number of anilines is 1. The zero-order valence-electron chi connectivity index (χ0n) is 8.42. The second-order valence-corrected chi connectivity index (χ2v) is 3.48. The molecule has 0 aliphatic rings. The third kappa shape index (κ3) is 4.51. The molecule has 15 heavy (non-hydrogen) atoms. The maximum Gasteiger partial charge on any atom is 0.225 e. The van der Waals surface area contributed by atoms with E-state index in [1.807, 2.05) is 19.1 Å². The molecule has 1 aromatic rings. The van der Waals surface area contributed by atoms with Crippen LogP contribution in [0.2, 0.25) is 5.02 Å². The van der Waals surface area contributed by atoms with Gasteiger partial charge in [0.2, 0.25) is 5.91 Å². The number of hydrogen-bond donors (Lipinski definition) is 2. The van der Waals surface area contributed by atoms with Crippen molar-refractivity contribution in [3.8, 4) is 0 Å². The van der Waals surface area contributed by atoms with Gasteiger partial charge < -0.3 is 11.1 Å². The average molecular weight is 249 g/mol. The Kier molecular flexibility index (Phi) is 6.32. The van der Waals surface area contributed by atoms with Crippen LogP contribution in [0.3, 0.4) is 0 Å². The number of amides is 1. The summed E-state index contributed by atoms with van der Waals surface area (Å²) in [5, 5.41) is 3.24. The van der Waals surface area contributed by atoms with Crippen LogP contribution >= 0.6 is 24.0 Å². The van der Waals surface area contributed by atoms with Gasteiger partial charge in [0, 0.05) is 13.0 Å². The van der Waals surface area contributed by atoms with Crippen molar-refractivity contribution in [2.24, 2.45) is 5.73 Å². The molecule has 1 aromatic carbocycles. The topological polar surface area (TPSA) is 55.1 Å². The SMILES string of the molecule is Cc1ccc(Cl)c(NC(=O)CCN)c1.Cl. The fourth-order valence-corrected chi connectivity index (χ4v) is 1.24. The summed E-state index contributed by atoms with van der Waals surface area (Å²) in [6, 6.07) is 5.48. The lowest BCUT2D eigenvalue weighted by atomic mass is 10.2. The van der Waals surface area contributed by atoms with Gasteiger partial charge in [-0.1, -0.05) is 17.7 Å². The summed E-state index contributed by atoms with van der Waals surface area (Å²) >= 11 is 5.89. The Morgan fingerprint density at radius 2 is 2.20 bits per heavy atom. The van der Waals surface area contributed by atoms with Crippen molar-refractivity contribution >= 4 is 35.6 Å². The minimum absolute atomic E-state index is 0. The molecule has 84 valence electrons. The van der Waals surface area contributed by atoms with E-state index >= 15 is 0 Å². The van der Waals surface area contributed by atoms with Gasteiger partial charge in [-0.2, -0.15) is 0 Å². The van der Waals surface area contributed by atoms with Crippen molar-refractivity contribution in [3.63, 3.8) is 0 Å². The highest BCUT2D eigenvalue weighted by atomic mass is 35.5. The fraction of sp³-hybridized carbons (Fsp3) is 0.300. The highest BCUT2D eigenvalue weighted by Gasteiger charge is 2.04. The Morgan fingerprint density at radius 1 is 1.53 bits per heavy atom. The molecule has 0 saturated heterocycles. The van der Waals surface area contributed by atoms with Crippen LogP contribution in [-0.2, 0) is 4.79 Å². The first-order valence-corrected chi connectivity index (χ1v) is 4.77. The first kappa shape index (κ1) is 14.2. The van der Waals surface area contributed by atoms with E-state index in [1.165, 1.54) is 0 Å². The van der Waals surface area contributed by atoms with Crippen LogP contribution in [0, 0.1) is 6.92 Å². The van der Waals surface area contributed by atoms with Gasteiger partial charge in [-0.05, 0) is 24.6 Å². The molecule has 1 rings (SSSR count). The fourth-order valence-electron chi connectivity index (χ4n) is 1.08. The Hall–Kier alpha value is -0.770. The molecule has 0 aromatic heterocycles. The summed E-state index contributed by atoms with van der Waals surface area (Å²) in [5.41, 5.74) is 6.95. The van der Waals surface area contributed by atoms with E-state index in [1.54, 1.807) is 6.07 Å². The normalized spacial score (nSPS) is 9.27.